The lowest BCUT2D eigenvalue weighted by molar-refractivity contribution is 0.957. The standard InChI is InChI=1S/C9H16/c1-4-6-7-8-9(3)5-2/h5,7-8H,4,6H2,1-3H3/b8-7+,9-5+. The Kier molecular flexibility index (Phi) is 5.29. The van der Waals surface area contributed by atoms with Crippen LogP contribution >= 0.6 is 0 Å². The van der Waals surface area contributed by atoms with Crippen molar-refractivity contribution >= 4 is 0 Å². The average molecular weight is 124 g/mol. The summed E-state index contributed by atoms with van der Waals surface area (Å²) in [6.07, 6.45) is 8.95. The summed E-state index contributed by atoms with van der Waals surface area (Å²) in [5, 5.41) is 0. The number of hydrogen-bond donors (Lipinski definition) is 0. The highest BCUT2D eigenvalue weighted by Crippen LogP contribution is 1.96. The van der Waals surface area contributed by atoms with Crippen LogP contribution in [0.3, 0.4) is 0 Å². The van der Waals surface area contributed by atoms with Crippen LogP contribution in [0.5, 0.6) is 0 Å². The zero-order valence-electron chi connectivity index (χ0n) is 6.65. The van der Waals surface area contributed by atoms with Crippen LogP contribution in [-0.2, 0) is 0 Å². The van der Waals surface area contributed by atoms with Crippen LogP contribution in [0.2, 0.25) is 0 Å². The van der Waals surface area contributed by atoms with Gasteiger partial charge in [-0.05, 0) is 20.3 Å². The van der Waals surface area contributed by atoms with Crippen molar-refractivity contribution in [3.63, 3.8) is 0 Å². The van der Waals surface area contributed by atoms with Crippen molar-refractivity contribution in [1.82, 2.24) is 0 Å². The fourth-order valence-electron chi connectivity index (χ4n) is 0.532. The predicted octanol–water partition coefficient (Wildman–Crippen LogP) is 3.31. The molecule has 0 atom stereocenters. The van der Waals surface area contributed by atoms with Crippen LogP contribution < -0.4 is 0 Å². The van der Waals surface area contributed by atoms with Gasteiger partial charge in [0.15, 0.2) is 0 Å². The molecule has 0 nitrogen and oxygen atoms in total. The molecule has 0 N–H and O–H groups in total. The van der Waals surface area contributed by atoms with Gasteiger partial charge in [0.2, 0.25) is 0 Å². The van der Waals surface area contributed by atoms with Crippen molar-refractivity contribution in [2.45, 2.75) is 33.6 Å². The molecule has 0 spiro atoms. The van der Waals surface area contributed by atoms with E-state index in [1.165, 1.54) is 18.4 Å². The molecule has 0 saturated carbocycles. The van der Waals surface area contributed by atoms with Gasteiger partial charge in [0.1, 0.15) is 0 Å². The summed E-state index contributed by atoms with van der Waals surface area (Å²) in [6, 6.07) is 0. The molecule has 0 heteroatoms. The van der Waals surface area contributed by atoms with Crippen molar-refractivity contribution in [2.24, 2.45) is 0 Å². The molecular formula is C9H16. The van der Waals surface area contributed by atoms with E-state index in [0.717, 1.165) is 0 Å². The van der Waals surface area contributed by atoms with Gasteiger partial charge in [0, 0.05) is 0 Å². The fraction of sp³-hybridized carbons (Fsp3) is 0.556. The third-order valence-corrected chi connectivity index (χ3v) is 1.29. The van der Waals surface area contributed by atoms with Crippen molar-refractivity contribution in [2.75, 3.05) is 0 Å². The number of allylic oxidation sites excluding steroid dienone is 4. The Morgan fingerprint density at radius 2 is 2.11 bits per heavy atom. The van der Waals surface area contributed by atoms with Gasteiger partial charge in [-0.2, -0.15) is 0 Å². The summed E-state index contributed by atoms with van der Waals surface area (Å²) >= 11 is 0. The third-order valence-electron chi connectivity index (χ3n) is 1.29. The number of unbranched alkanes of at least 4 members (excludes halogenated alkanes) is 1. The molecular weight excluding hydrogens is 108 g/mol. The minimum absolute atomic E-state index is 1.20. The molecule has 0 bridgehead atoms. The number of rotatable bonds is 3. The normalized spacial score (nSPS) is 13.0. The molecule has 0 aliphatic rings. The summed E-state index contributed by atoms with van der Waals surface area (Å²) in [6.45, 7) is 6.37. The molecule has 0 radical (unpaired) electrons. The molecule has 0 aromatic heterocycles. The van der Waals surface area contributed by atoms with Crippen molar-refractivity contribution in [3.05, 3.63) is 23.8 Å². The first-order valence-corrected chi connectivity index (χ1v) is 3.60. The molecule has 9 heavy (non-hydrogen) atoms. The third kappa shape index (κ3) is 5.35. The summed E-state index contributed by atoms with van der Waals surface area (Å²) in [5.41, 5.74) is 1.35. The smallest absolute Gasteiger partial charge is 0.0350 e. The minimum Gasteiger partial charge on any atom is -0.0847 e. The molecule has 0 amide bonds. The van der Waals surface area contributed by atoms with Crippen LogP contribution in [0.15, 0.2) is 23.8 Å². The first-order chi connectivity index (χ1) is 4.31. The van der Waals surface area contributed by atoms with Crippen LogP contribution in [0.25, 0.3) is 0 Å². The molecule has 0 unspecified atom stereocenters. The van der Waals surface area contributed by atoms with Gasteiger partial charge in [-0.3, -0.25) is 0 Å². The average Bonchev–Trinajstić information content (AvgIpc) is 1.89. The largest absolute Gasteiger partial charge is 0.0847 e. The molecule has 0 aromatic carbocycles. The SMILES string of the molecule is C/C=C(C)/C=C/CCC. The highest BCUT2D eigenvalue weighted by atomic mass is 13.8. The van der Waals surface area contributed by atoms with E-state index in [4.69, 9.17) is 0 Å². The molecule has 0 aliphatic heterocycles. The van der Waals surface area contributed by atoms with E-state index in [2.05, 4.69) is 39.0 Å². The number of hydrogen-bond acceptors (Lipinski definition) is 0. The Balaban J connectivity index is 3.45. The van der Waals surface area contributed by atoms with E-state index in [0.29, 0.717) is 0 Å². The highest BCUT2D eigenvalue weighted by Gasteiger charge is 1.75. The van der Waals surface area contributed by atoms with Gasteiger partial charge < -0.3 is 0 Å². The topological polar surface area (TPSA) is 0 Å². The van der Waals surface area contributed by atoms with E-state index in [1.54, 1.807) is 0 Å². The van der Waals surface area contributed by atoms with Crippen molar-refractivity contribution in [3.8, 4) is 0 Å². The quantitative estimate of drug-likeness (QED) is 0.506. The summed E-state index contributed by atoms with van der Waals surface area (Å²) in [7, 11) is 0. The fourth-order valence-corrected chi connectivity index (χ4v) is 0.532. The molecule has 0 rings (SSSR count). The van der Waals surface area contributed by atoms with Gasteiger partial charge in [-0.25, -0.2) is 0 Å². The van der Waals surface area contributed by atoms with Crippen molar-refractivity contribution in [1.29, 1.82) is 0 Å². The Hall–Kier alpha value is -0.520. The van der Waals surface area contributed by atoms with Crippen LogP contribution in [0.1, 0.15) is 33.6 Å². The van der Waals surface area contributed by atoms with Gasteiger partial charge >= 0.3 is 0 Å². The Morgan fingerprint density at radius 3 is 2.56 bits per heavy atom. The van der Waals surface area contributed by atoms with Gasteiger partial charge in [0.25, 0.3) is 0 Å². The Morgan fingerprint density at radius 1 is 1.44 bits per heavy atom. The summed E-state index contributed by atoms with van der Waals surface area (Å²) in [5.74, 6) is 0. The minimum atomic E-state index is 1.20. The zero-order chi connectivity index (χ0) is 7.11. The maximum absolute atomic E-state index is 2.22. The molecule has 52 valence electrons. The Bertz CT molecular complexity index is 107. The van der Waals surface area contributed by atoms with E-state index in [1.807, 2.05) is 0 Å². The van der Waals surface area contributed by atoms with E-state index in [9.17, 15) is 0 Å². The monoisotopic (exact) mass is 124 g/mol. The van der Waals surface area contributed by atoms with E-state index in [-0.39, 0.29) is 0 Å². The van der Waals surface area contributed by atoms with E-state index < -0.39 is 0 Å². The van der Waals surface area contributed by atoms with Gasteiger partial charge in [-0.1, -0.05) is 37.1 Å². The maximum Gasteiger partial charge on any atom is -0.0350 e. The lowest BCUT2D eigenvalue weighted by Gasteiger charge is -1.86. The highest BCUT2D eigenvalue weighted by molar-refractivity contribution is 5.14. The molecule has 0 aromatic rings. The first kappa shape index (κ1) is 8.48. The second-order valence-electron chi connectivity index (χ2n) is 2.22. The van der Waals surface area contributed by atoms with Crippen LogP contribution in [-0.4, -0.2) is 0 Å². The molecule has 0 saturated heterocycles. The molecule has 0 fully saturated rings. The molecule has 0 heterocycles. The maximum atomic E-state index is 2.22. The van der Waals surface area contributed by atoms with Crippen LogP contribution in [0.4, 0.5) is 0 Å². The second kappa shape index (κ2) is 5.61. The lowest BCUT2D eigenvalue weighted by atomic mass is 10.2. The van der Waals surface area contributed by atoms with Gasteiger partial charge in [0.05, 0.1) is 0 Å². The molecule has 0 aliphatic carbocycles. The Labute approximate surface area is 58.3 Å². The lowest BCUT2D eigenvalue weighted by Crippen LogP contribution is -1.65. The zero-order valence-corrected chi connectivity index (χ0v) is 6.65. The summed E-state index contributed by atoms with van der Waals surface area (Å²) < 4.78 is 0. The summed E-state index contributed by atoms with van der Waals surface area (Å²) in [4.78, 5) is 0. The predicted molar refractivity (Wildman–Crippen MR) is 43.5 cm³/mol. The first-order valence-electron chi connectivity index (χ1n) is 3.60. The van der Waals surface area contributed by atoms with Crippen LogP contribution in [0, 0.1) is 0 Å². The van der Waals surface area contributed by atoms with Crippen molar-refractivity contribution < 1.29 is 0 Å². The van der Waals surface area contributed by atoms with E-state index >= 15 is 0 Å². The second-order valence-corrected chi connectivity index (χ2v) is 2.22. The van der Waals surface area contributed by atoms with Gasteiger partial charge in [-0.15, -0.1) is 0 Å².